The maximum Gasteiger partial charge on any atom is 0.241 e. The summed E-state index contributed by atoms with van der Waals surface area (Å²) < 4.78 is 6.20. The van der Waals surface area contributed by atoms with Crippen LogP contribution in [0.5, 0.6) is 5.88 Å². The molecule has 0 aliphatic carbocycles. The van der Waals surface area contributed by atoms with Gasteiger partial charge in [0.1, 0.15) is 11.8 Å². The van der Waals surface area contributed by atoms with Crippen molar-refractivity contribution in [1.29, 1.82) is 0 Å². The van der Waals surface area contributed by atoms with Crippen LogP contribution in [0, 0.1) is 0 Å². The number of benzene rings is 3. The largest absolute Gasteiger partial charge is 0.468 e. The van der Waals surface area contributed by atoms with E-state index in [0.717, 1.165) is 22.2 Å². The van der Waals surface area contributed by atoms with Crippen LogP contribution < -0.4 is 4.74 Å². The van der Waals surface area contributed by atoms with Crippen molar-refractivity contribution in [2.75, 3.05) is 0 Å². The summed E-state index contributed by atoms with van der Waals surface area (Å²) in [6.45, 7) is 2.00. The second-order valence-electron chi connectivity index (χ2n) is 6.57. The lowest BCUT2D eigenvalue weighted by Crippen LogP contribution is -2.06. The molecule has 1 heterocycles. The van der Waals surface area contributed by atoms with Crippen LogP contribution in [-0.4, -0.2) is 9.97 Å². The minimum atomic E-state index is -0.169. The van der Waals surface area contributed by atoms with Gasteiger partial charge in [0.2, 0.25) is 5.88 Å². The zero-order chi connectivity index (χ0) is 20.2. The quantitative estimate of drug-likeness (QED) is 0.341. The Morgan fingerprint density at radius 2 is 1.52 bits per heavy atom. The highest BCUT2D eigenvalue weighted by Crippen LogP contribution is 2.28. The van der Waals surface area contributed by atoms with E-state index in [1.54, 1.807) is 12.1 Å². The Bertz CT molecular complexity index is 1180. The van der Waals surface area contributed by atoms with E-state index in [1.165, 1.54) is 0 Å². The van der Waals surface area contributed by atoms with Gasteiger partial charge < -0.3 is 4.74 Å². The van der Waals surface area contributed by atoms with Crippen LogP contribution in [0.4, 0.5) is 0 Å². The number of ether oxygens (including phenoxy) is 1. The molecule has 3 aromatic carbocycles. The molecule has 144 valence electrons. The summed E-state index contributed by atoms with van der Waals surface area (Å²) in [6, 6.07) is 23.1. The SMILES string of the molecule is C[C@@H](Oc1nc2ccccc2nc1/C=C\c1ccc(Cl)cc1Cl)c1ccccc1. The lowest BCUT2D eigenvalue weighted by Gasteiger charge is -2.16. The van der Waals surface area contributed by atoms with Crippen molar-refractivity contribution in [3.05, 3.63) is 99.7 Å². The van der Waals surface area contributed by atoms with Crippen molar-refractivity contribution in [2.45, 2.75) is 13.0 Å². The van der Waals surface area contributed by atoms with Gasteiger partial charge in [0, 0.05) is 10.0 Å². The highest BCUT2D eigenvalue weighted by molar-refractivity contribution is 6.35. The van der Waals surface area contributed by atoms with E-state index < -0.39 is 0 Å². The molecule has 0 radical (unpaired) electrons. The average molecular weight is 421 g/mol. The maximum absolute atomic E-state index is 6.29. The predicted octanol–water partition coefficient (Wildman–Crippen LogP) is 7.25. The second-order valence-corrected chi connectivity index (χ2v) is 7.42. The maximum atomic E-state index is 6.29. The Kier molecular flexibility index (Phi) is 5.79. The fraction of sp³-hybridized carbons (Fsp3) is 0.0833. The van der Waals surface area contributed by atoms with Crippen molar-refractivity contribution in [2.24, 2.45) is 0 Å². The van der Waals surface area contributed by atoms with E-state index >= 15 is 0 Å². The predicted molar refractivity (Wildman–Crippen MR) is 120 cm³/mol. The number of hydrogen-bond acceptors (Lipinski definition) is 3. The van der Waals surface area contributed by atoms with Gasteiger partial charge in [0.05, 0.1) is 11.0 Å². The number of fused-ring (bicyclic) bond motifs is 1. The molecular formula is C24H18Cl2N2O. The van der Waals surface area contributed by atoms with E-state index in [1.807, 2.05) is 79.7 Å². The monoisotopic (exact) mass is 420 g/mol. The van der Waals surface area contributed by atoms with Crippen LogP contribution in [0.3, 0.4) is 0 Å². The number of nitrogens with zero attached hydrogens (tertiary/aromatic N) is 2. The normalized spacial score (nSPS) is 12.4. The van der Waals surface area contributed by atoms with Crippen LogP contribution in [0.15, 0.2) is 72.8 Å². The fourth-order valence-electron chi connectivity index (χ4n) is 2.96. The van der Waals surface area contributed by atoms with Crippen LogP contribution >= 0.6 is 23.2 Å². The Hall–Kier alpha value is -2.88. The van der Waals surface area contributed by atoms with E-state index in [2.05, 4.69) is 0 Å². The van der Waals surface area contributed by atoms with Gasteiger partial charge in [0.15, 0.2) is 0 Å². The first-order chi connectivity index (χ1) is 14.1. The van der Waals surface area contributed by atoms with Gasteiger partial charge >= 0.3 is 0 Å². The summed E-state index contributed by atoms with van der Waals surface area (Å²) in [5.74, 6) is 0.474. The molecule has 5 heteroatoms. The first-order valence-corrected chi connectivity index (χ1v) is 9.97. The number of hydrogen-bond donors (Lipinski definition) is 0. The van der Waals surface area contributed by atoms with Gasteiger partial charge in [0.25, 0.3) is 0 Å². The molecule has 0 N–H and O–H groups in total. The van der Waals surface area contributed by atoms with Gasteiger partial charge in [-0.25, -0.2) is 9.97 Å². The summed E-state index contributed by atoms with van der Waals surface area (Å²) in [5.41, 5.74) is 4.13. The Morgan fingerprint density at radius 1 is 0.828 bits per heavy atom. The summed E-state index contributed by atoms with van der Waals surface area (Å²) in [4.78, 5) is 9.44. The number of para-hydroxylation sites is 2. The minimum Gasteiger partial charge on any atom is -0.468 e. The Morgan fingerprint density at radius 3 is 2.24 bits per heavy atom. The molecule has 0 spiro atoms. The molecule has 4 rings (SSSR count). The molecule has 0 fully saturated rings. The third-order valence-electron chi connectivity index (χ3n) is 4.50. The second kappa shape index (κ2) is 8.64. The summed E-state index contributed by atoms with van der Waals surface area (Å²) in [5, 5.41) is 1.17. The average Bonchev–Trinajstić information content (AvgIpc) is 2.73. The molecule has 0 saturated carbocycles. The lowest BCUT2D eigenvalue weighted by atomic mass is 10.1. The molecule has 0 amide bonds. The number of aromatic nitrogens is 2. The molecule has 4 aromatic rings. The van der Waals surface area contributed by atoms with Crippen molar-refractivity contribution >= 4 is 46.4 Å². The molecule has 0 aliphatic heterocycles. The highest BCUT2D eigenvalue weighted by Gasteiger charge is 2.13. The molecule has 29 heavy (non-hydrogen) atoms. The number of rotatable bonds is 5. The third-order valence-corrected chi connectivity index (χ3v) is 5.07. The van der Waals surface area contributed by atoms with Gasteiger partial charge in [-0.1, -0.05) is 77.8 Å². The van der Waals surface area contributed by atoms with Gasteiger partial charge in [-0.2, -0.15) is 0 Å². The number of halogens is 2. The first-order valence-electron chi connectivity index (χ1n) is 9.21. The van der Waals surface area contributed by atoms with Crippen LogP contribution in [0.1, 0.15) is 29.8 Å². The van der Waals surface area contributed by atoms with E-state index in [-0.39, 0.29) is 6.10 Å². The van der Waals surface area contributed by atoms with Gasteiger partial charge in [-0.15, -0.1) is 0 Å². The van der Waals surface area contributed by atoms with Crippen LogP contribution in [0.25, 0.3) is 23.2 Å². The highest BCUT2D eigenvalue weighted by atomic mass is 35.5. The first kappa shape index (κ1) is 19.4. The smallest absolute Gasteiger partial charge is 0.241 e. The topological polar surface area (TPSA) is 35.0 Å². The minimum absolute atomic E-state index is 0.169. The van der Waals surface area contributed by atoms with Crippen molar-refractivity contribution in [3.8, 4) is 5.88 Å². The van der Waals surface area contributed by atoms with Gasteiger partial charge in [-0.3, -0.25) is 0 Å². The van der Waals surface area contributed by atoms with Crippen LogP contribution in [-0.2, 0) is 0 Å². The van der Waals surface area contributed by atoms with Crippen molar-refractivity contribution in [1.82, 2.24) is 9.97 Å². The summed E-state index contributed by atoms with van der Waals surface area (Å²) in [6.07, 6.45) is 3.58. The van der Waals surface area contributed by atoms with E-state index in [4.69, 9.17) is 37.9 Å². The van der Waals surface area contributed by atoms with Crippen LogP contribution in [0.2, 0.25) is 10.0 Å². The molecule has 1 atom stereocenters. The van der Waals surface area contributed by atoms with Gasteiger partial charge in [-0.05, 0) is 48.4 Å². The molecule has 3 nitrogen and oxygen atoms in total. The molecule has 1 aromatic heterocycles. The molecular weight excluding hydrogens is 403 g/mol. The Balaban J connectivity index is 1.73. The lowest BCUT2D eigenvalue weighted by molar-refractivity contribution is 0.217. The molecule has 0 bridgehead atoms. The Labute approximate surface area is 179 Å². The van der Waals surface area contributed by atoms with Crippen molar-refractivity contribution < 1.29 is 4.74 Å². The molecule has 0 aliphatic rings. The third kappa shape index (κ3) is 4.58. The molecule has 0 unspecified atom stereocenters. The molecule has 0 saturated heterocycles. The zero-order valence-corrected chi connectivity index (χ0v) is 17.2. The fourth-order valence-corrected chi connectivity index (χ4v) is 3.43. The standard InChI is InChI=1S/C24H18Cl2N2O/c1-16(17-7-3-2-4-8-17)29-24-23(27-21-9-5-6-10-22(21)28-24)14-12-18-11-13-19(25)15-20(18)26/h2-16H,1H3/b14-12-/t16-/m1/s1. The van der Waals surface area contributed by atoms with E-state index in [0.29, 0.717) is 21.6 Å². The van der Waals surface area contributed by atoms with E-state index in [9.17, 15) is 0 Å². The summed E-state index contributed by atoms with van der Waals surface area (Å²) in [7, 11) is 0. The zero-order valence-electron chi connectivity index (χ0n) is 15.7. The van der Waals surface area contributed by atoms with Crippen molar-refractivity contribution in [3.63, 3.8) is 0 Å². The summed E-state index contributed by atoms with van der Waals surface area (Å²) >= 11 is 12.3.